The van der Waals surface area contributed by atoms with Gasteiger partial charge in [-0.05, 0) is 0 Å². The summed E-state index contributed by atoms with van der Waals surface area (Å²) in [5.74, 6) is 0. The second-order valence-corrected chi connectivity index (χ2v) is 4.78. The van der Waals surface area contributed by atoms with Crippen LogP contribution in [0.5, 0.6) is 0 Å². The van der Waals surface area contributed by atoms with Gasteiger partial charge >= 0.3 is 11.5 Å². The van der Waals surface area contributed by atoms with Crippen molar-refractivity contribution >= 4 is 26.0 Å². The fraction of sp³-hybridized carbons (Fsp3) is 0.250. The molecule has 2 aromatic heterocycles. The average molecular weight is 251 g/mol. The number of rotatable bonds is 1. The second kappa shape index (κ2) is 3.21. The number of thiophene rings is 1. The van der Waals surface area contributed by atoms with E-state index >= 15 is 0 Å². The van der Waals surface area contributed by atoms with Crippen LogP contribution >= 0.6 is 10.5 Å². The Balaban J connectivity index is 2.79. The fourth-order valence-electron chi connectivity index (χ4n) is 1.49. The molecule has 1 N–H and O–H groups in total. The Kier molecular flexibility index (Phi) is 2.19. The van der Waals surface area contributed by atoms with Crippen LogP contribution in [0.4, 0.5) is 18.0 Å². The number of carboxylic acid groups (broad SMARTS) is 1. The summed E-state index contributed by atoms with van der Waals surface area (Å²) >= 11 is 0. The van der Waals surface area contributed by atoms with E-state index in [0.717, 1.165) is 4.68 Å². The molecule has 0 aliphatic heterocycles. The molecular weight excluding hydrogens is 245 g/mol. The first-order valence-corrected chi connectivity index (χ1v) is 5.39. The zero-order valence-corrected chi connectivity index (χ0v) is 8.76. The van der Waals surface area contributed by atoms with Crippen LogP contribution in [-0.2, 0) is 13.2 Å². The molecule has 2 heterocycles. The van der Waals surface area contributed by atoms with Crippen LogP contribution in [0.2, 0.25) is 0 Å². The molecule has 0 amide bonds. The standard InChI is InChI=1S/C8H5F3N2O2S/c1-13-6-4(2-3-16(6)7(14)15)5(12-13)8(9,10)11/h2-3H,1H3/p+1. The molecule has 0 radical (unpaired) electrons. The topological polar surface area (TPSA) is 55.1 Å². The van der Waals surface area contributed by atoms with Gasteiger partial charge in [0.25, 0.3) is 4.83 Å². The molecular formula is C8H6F3N2O2S+. The molecule has 1 unspecified atom stereocenters. The number of aryl methyl sites for hydroxylation is 1. The Hall–Kier alpha value is -1.57. The predicted octanol–water partition coefficient (Wildman–Crippen LogP) is 2.87. The maximum atomic E-state index is 12.5. The van der Waals surface area contributed by atoms with E-state index in [1.165, 1.54) is 18.5 Å². The third-order valence-electron chi connectivity index (χ3n) is 2.07. The molecule has 0 aliphatic carbocycles. The van der Waals surface area contributed by atoms with E-state index in [4.69, 9.17) is 5.11 Å². The molecule has 0 spiro atoms. The fourth-order valence-corrected chi connectivity index (χ4v) is 2.90. The Morgan fingerprint density at radius 1 is 1.56 bits per heavy atom. The lowest BCUT2D eigenvalue weighted by Crippen LogP contribution is -2.07. The minimum Gasteiger partial charge on any atom is -0.437 e. The maximum Gasteiger partial charge on any atom is 0.553 e. The molecule has 2 aromatic rings. The molecule has 86 valence electrons. The summed E-state index contributed by atoms with van der Waals surface area (Å²) in [5, 5.41) is 12.1. The van der Waals surface area contributed by atoms with Gasteiger partial charge in [0.15, 0.2) is 11.1 Å². The summed E-state index contributed by atoms with van der Waals surface area (Å²) in [4.78, 5) is 10.9. The smallest absolute Gasteiger partial charge is 0.437 e. The summed E-state index contributed by atoms with van der Waals surface area (Å²) in [5.41, 5.74) is -1.03. The van der Waals surface area contributed by atoms with Crippen molar-refractivity contribution in [3.63, 3.8) is 0 Å². The summed E-state index contributed by atoms with van der Waals surface area (Å²) in [6.07, 6.45) is -4.56. The maximum absolute atomic E-state index is 12.5. The van der Waals surface area contributed by atoms with Crippen molar-refractivity contribution in [1.82, 2.24) is 9.78 Å². The lowest BCUT2D eigenvalue weighted by molar-refractivity contribution is -0.140. The largest absolute Gasteiger partial charge is 0.553 e. The zero-order chi connectivity index (χ0) is 12.1. The second-order valence-electron chi connectivity index (χ2n) is 3.10. The predicted molar refractivity (Wildman–Crippen MR) is 51.6 cm³/mol. The third-order valence-corrected chi connectivity index (χ3v) is 3.75. The van der Waals surface area contributed by atoms with Crippen LogP contribution in [-0.4, -0.2) is 20.2 Å². The normalized spacial score (nSPS) is 13.4. The molecule has 0 saturated heterocycles. The van der Waals surface area contributed by atoms with E-state index in [9.17, 15) is 18.0 Å². The van der Waals surface area contributed by atoms with Crippen LogP contribution in [0.1, 0.15) is 5.69 Å². The monoisotopic (exact) mass is 251 g/mol. The Morgan fingerprint density at radius 2 is 2.19 bits per heavy atom. The van der Waals surface area contributed by atoms with Crippen LogP contribution < -0.4 is 0 Å². The first-order chi connectivity index (χ1) is 7.32. The first kappa shape index (κ1) is 10.9. The van der Waals surface area contributed by atoms with Crippen molar-refractivity contribution in [1.29, 1.82) is 0 Å². The number of carbonyl (C=O) groups is 1. The number of hydrogen-bond donors (Lipinski definition) is 1. The lowest BCUT2D eigenvalue weighted by Gasteiger charge is -1.99. The van der Waals surface area contributed by atoms with Gasteiger partial charge in [-0.3, -0.25) is 0 Å². The highest BCUT2D eigenvalue weighted by Crippen LogP contribution is 2.39. The van der Waals surface area contributed by atoms with E-state index in [-0.39, 0.29) is 10.2 Å². The molecule has 0 bridgehead atoms. The number of alkyl halides is 3. The van der Waals surface area contributed by atoms with Gasteiger partial charge in [0.1, 0.15) is 10.5 Å². The van der Waals surface area contributed by atoms with Crippen molar-refractivity contribution in [2.24, 2.45) is 7.05 Å². The minimum absolute atomic E-state index is 0.0971. The van der Waals surface area contributed by atoms with Crippen molar-refractivity contribution in [3.8, 4) is 0 Å². The van der Waals surface area contributed by atoms with E-state index in [2.05, 4.69) is 5.10 Å². The number of hydrogen-bond acceptors (Lipinski definition) is 2. The number of fused-ring (bicyclic) bond motifs is 1. The number of halogens is 3. The van der Waals surface area contributed by atoms with Crippen LogP contribution in [0.25, 0.3) is 10.2 Å². The summed E-state index contributed by atoms with van der Waals surface area (Å²) in [6.45, 7) is 0. The Morgan fingerprint density at radius 3 is 2.69 bits per heavy atom. The minimum atomic E-state index is -4.56. The zero-order valence-electron chi connectivity index (χ0n) is 7.95. The van der Waals surface area contributed by atoms with Gasteiger partial charge in [-0.25, -0.2) is 4.68 Å². The van der Waals surface area contributed by atoms with Gasteiger partial charge < -0.3 is 5.11 Å². The van der Waals surface area contributed by atoms with Gasteiger partial charge in [0.05, 0.1) is 5.39 Å². The van der Waals surface area contributed by atoms with Gasteiger partial charge in [0, 0.05) is 13.1 Å². The average Bonchev–Trinajstić information content (AvgIpc) is 2.65. The molecule has 0 fully saturated rings. The van der Waals surface area contributed by atoms with E-state index in [1.807, 2.05) is 0 Å². The molecule has 1 atom stereocenters. The highest BCUT2D eigenvalue weighted by atomic mass is 32.2. The summed E-state index contributed by atoms with van der Waals surface area (Å²) in [6, 6.07) is 1.17. The number of aromatic nitrogens is 2. The summed E-state index contributed by atoms with van der Waals surface area (Å²) in [7, 11) is -0.0334. The quantitative estimate of drug-likeness (QED) is 0.793. The molecule has 8 heteroatoms. The van der Waals surface area contributed by atoms with Gasteiger partial charge in [-0.1, -0.05) is 0 Å². The van der Waals surface area contributed by atoms with Crippen LogP contribution in [0.3, 0.4) is 0 Å². The van der Waals surface area contributed by atoms with E-state index in [0.29, 0.717) is 0 Å². The van der Waals surface area contributed by atoms with Gasteiger partial charge in [0.2, 0.25) is 0 Å². The highest BCUT2D eigenvalue weighted by Gasteiger charge is 2.40. The van der Waals surface area contributed by atoms with Gasteiger partial charge in [-0.15, -0.1) is 0 Å². The molecule has 2 rings (SSSR count). The molecule has 0 aromatic carbocycles. The molecule has 0 saturated carbocycles. The lowest BCUT2D eigenvalue weighted by atomic mass is 10.3. The van der Waals surface area contributed by atoms with E-state index < -0.39 is 27.6 Å². The van der Waals surface area contributed by atoms with Gasteiger partial charge in [-0.2, -0.15) is 23.1 Å². The highest BCUT2D eigenvalue weighted by molar-refractivity contribution is 7.53. The van der Waals surface area contributed by atoms with Crippen LogP contribution in [0, 0.1) is 0 Å². The molecule has 0 aliphatic rings. The SMILES string of the molecule is Cn1nc(C(F)(F)F)c2cc[s+](C(=O)O)c21. The summed E-state index contributed by atoms with van der Waals surface area (Å²) < 4.78 is 38.6. The van der Waals surface area contributed by atoms with Crippen molar-refractivity contribution in [2.45, 2.75) is 6.18 Å². The number of nitrogens with zero attached hydrogens (tertiary/aromatic N) is 2. The van der Waals surface area contributed by atoms with Crippen molar-refractivity contribution in [2.75, 3.05) is 0 Å². The van der Waals surface area contributed by atoms with Crippen molar-refractivity contribution < 1.29 is 23.1 Å². The third kappa shape index (κ3) is 1.45. The Labute approximate surface area is 89.9 Å². The Bertz CT molecular complexity index is 570. The molecule has 16 heavy (non-hydrogen) atoms. The van der Waals surface area contributed by atoms with Crippen molar-refractivity contribution in [3.05, 3.63) is 17.1 Å². The van der Waals surface area contributed by atoms with E-state index in [1.54, 1.807) is 0 Å². The molecule has 4 nitrogen and oxygen atoms in total. The first-order valence-electron chi connectivity index (χ1n) is 4.11. The van der Waals surface area contributed by atoms with Crippen LogP contribution in [0.15, 0.2) is 11.4 Å².